The quantitative estimate of drug-likeness (QED) is 0.296. The van der Waals surface area contributed by atoms with Crippen LogP contribution in [0.4, 0.5) is 0 Å². The Morgan fingerprint density at radius 3 is 2.62 bits per heavy atom. The molecule has 0 N–H and O–H groups in total. The van der Waals surface area contributed by atoms with Crippen molar-refractivity contribution in [3.05, 3.63) is 76.1 Å². The summed E-state index contributed by atoms with van der Waals surface area (Å²) >= 11 is 0. The lowest BCUT2D eigenvalue weighted by Gasteiger charge is -2.11. The molecule has 0 radical (unpaired) electrons. The predicted octanol–water partition coefficient (Wildman–Crippen LogP) is 4.25. The van der Waals surface area contributed by atoms with E-state index in [1.54, 1.807) is 43.3 Å². The topological polar surface area (TPSA) is 75.0 Å². The largest absolute Gasteiger partial charge is 0.485 e. The third-order valence-corrected chi connectivity index (χ3v) is 5.04. The number of carbonyl (C=O) groups excluding carboxylic acids is 1. The Balaban J connectivity index is 1.45. The highest BCUT2D eigenvalue weighted by atomic mass is 16.7. The smallest absolute Gasteiger partial charge is 0.344 e. The predicted molar refractivity (Wildman–Crippen MR) is 107 cm³/mol. The lowest BCUT2D eigenvalue weighted by Crippen LogP contribution is -2.12. The fourth-order valence-electron chi connectivity index (χ4n) is 3.51. The van der Waals surface area contributed by atoms with Gasteiger partial charge in [0.2, 0.25) is 6.79 Å². The Hall–Kier alpha value is -3.80. The molecule has 0 bridgehead atoms. The minimum Gasteiger partial charge on any atom is -0.485 e. The van der Waals surface area contributed by atoms with E-state index in [2.05, 4.69) is 0 Å². The minimum absolute atomic E-state index is 0.149. The molecule has 5 rings (SSSR count). The molecule has 6 nitrogen and oxygen atoms in total. The third-order valence-electron chi connectivity index (χ3n) is 5.04. The molecule has 0 atom stereocenters. The maximum Gasteiger partial charge on any atom is 0.344 e. The molecule has 0 saturated carbocycles. The van der Waals surface area contributed by atoms with Gasteiger partial charge in [0, 0.05) is 16.5 Å². The van der Waals surface area contributed by atoms with E-state index in [9.17, 15) is 9.59 Å². The number of benzene rings is 3. The van der Waals surface area contributed by atoms with Crippen LogP contribution in [0.2, 0.25) is 0 Å². The highest BCUT2D eigenvalue weighted by Gasteiger charge is 2.18. The molecule has 6 heteroatoms. The highest BCUT2D eigenvalue weighted by molar-refractivity contribution is 6.05. The van der Waals surface area contributed by atoms with Crippen molar-refractivity contribution in [3.63, 3.8) is 0 Å². The second-order valence-electron chi connectivity index (χ2n) is 6.78. The van der Waals surface area contributed by atoms with E-state index >= 15 is 0 Å². The van der Waals surface area contributed by atoms with Gasteiger partial charge in [-0.05, 0) is 48.7 Å². The summed E-state index contributed by atoms with van der Waals surface area (Å²) in [6, 6.07) is 16.0. The van der Waals surface area contributed by atoms with Crippen LogP contribution in [0.3, 0.4) is 0 Å². The first-order chi connectivity index (χ1) is 14.1. The van der Waals surface area contributed by atoms with Gasteiger partial charge in [0.1, 0.15) is 11.3 Å². The lowest BCUT2D eigenvalue weighted by atomic mass is 10.0. The van der Waals surface area contributed by atoms with Crippen molar-refractivity contribution in [3.8, 4) is 17.2 Å². The average molecular weight is 388 g/mol. The van der Waals surface area contributed by atoms with Gasteiger partial charge in [0.05, 0.1) is 5.39 Å². The standard InChI is InChI=1S/C23H16O6/c1-13-19(26-11-18(24)14-6-8-20-21(10-14)28-12-27-20)9-7-16-15-4-2-3-5-17(15)23(25)29-22(13)16/h2-10H,11-12H2,1H3. The summed E-state index contributed by atoms with van der Waals surface area (Å²) in [6.45, 7) is 1.81. The number of fused-ring (bicyclic) bond motifs is 4. The van der Waals surface area contributed by atoms with Gasteiger partial charge < -0.3 is 18.6 Å². The normalized spacial score (nSPS) is 12.4. The van der Waals surface area contributed by atoms with Crippen molar-refractivity contribution in [2.45, 2.75) is 6.92 Å². The summed E-state index contributed by atoms with van der Waals surface area (Å²) in [4.78, 5) is 24.8. The first-order valence-corrected chi connectivity index (χ1v) is 9.12. The fraction of sp³-hybridized carbons (Fsp3) is 0.130. The Labute approximate surface area is 165 Å². The van der Waals surface area contributed by atoms with E-state index < -0.39 is 5.63 Å². The van der Waals surface area contributed by atoms with Crippen LogP contribution >= 0.6 is 0 Å². The molecular weight excluding hydrogens is 372 g/mol. The van der Waals surface area contributed by atoms with E-state index in [1.807, 2.05) is 18.2 Å². The van der Waals surface area contributed by atoms with E-state index in [1.165, 1.54) is 0 Å². The molecule has 0 fully saturated rings. The van der Waals surface area contributed by atoms with E-state index in [0.29, 0.717) is 39.3 Å². The number of hydrogen-bond acceptors (Lipinski definition) is 6. The Kier molecular flexibility index (Phi) is 3.98. The third kappa shape index (κ3) is 2.89. The number of hydrogen-bond donors (Lipinski definition) is 0. The van der Waals surface area contributed by atoms with Gasteiger partial charge in [-0.2, -0.15) is 0 Å². The van der Waals surface area contributed by atoms with Crippen molar-refractivity contribution < 1.29 is 23.4 Å². The van der Waals surface area contributed by atoms with Crippen molar-refractivity contribution in [2.24, 2.45) is 0 Å². The first-order valence-electron chi connectivity index (χ1n) is 9.12. The number of rotatable bonds is 4. The summed E-state index contributed by atoms with van der Waals surface area (Å²) in [6.07, 6.45) is 0. The van der Waals surface area contributed by atoms with Gasteiger partial charge in [0.25, 0.3) is 0 Å². The number of aryl methyl sites for hydroxylation is 1. The zero-order chi connectivity index (χ0) is 20.0. The van der Waals surface area contributed by atoms with Crippen molar-refractivity contribution in [1.29, 1.82) is 0 Å². The van der Waals surface area contributed by atoms with Gasteiger partial charge in [0.15, 0.2) is 23.9 Å². The van der Waals surface area contributed by atoms with Gasteiger partial charge >= 0.3 is 5.63 Å². The summed E-state index contributed by atoms with van der Waals surface area (Å²) in [7, 11) is 0. The first kappa shape index (κ1) is 17.3. The number of carbonyl (C=O) groups is 1. The Morgan fingerprint density at radius 2 is 1.76 bits per heavy atom. The molecule has 0 aliphatic carbocycles. The van der Waals surface area contributed by atoms with Gasteiger partial charge in [-0.1, -0.05) is 18.2 Å². The molecule has 1 aromatic heterocycles. The van der Waals surface area contributed by atoms with E-state index in [-0.39, 0.29) is 19.2 Å². The molecule has 1 aliphatic rings. The maximum absolute atomic E-state index is 12.5. The average Bonchev–Trinajstić information content (AvgIpc) is 3.22. The summed E-state index contributed by atoms with van der Waals surface area (Å²) in [5, 5.41) is 2.18. The van der Waals surface area contributed by atoms with Crippen LogP contribution < -0.4 is 19.8 Å². The monoisotopic (exact) mass is 388 g/mol. The molecule has 2 heterocycles. The summed E-state index contributed by atoms with van der Waals surface area (Å²) < 4.78 is 21.9. The molecule has 0 unspecified atom stereocenters. The number of ether oxygens (including phenoxy) is 3. The lowest BCUT2D eigenvalue weighted by molar-refractivity contribution is 0.0920. The zero-order valence-corrected chi connectivity index (χ0v) is 15.6. The maximum atomic E-state index is 12.5. The fourth-order valence-corrected chi connectivity index (χ4v) is 3.51. The summed E-state index contributed by atoms with van der Waals surface area (Å²) in [5.41, 5.74) is 1.21. The minimum atomic E-state index is -0.398. The van der Waals surface area contributed by atoms with Crippen molar-refractivity contribution >= 4 is 27.5 Å². The van der Waals surface area contributed by atoms with Crippen molar-refractivity contribution in [1.82, 2.24) is 0 Å². The second kappa shape index (κ2) is 6.67. The van der Waals surface area contributed by atoms with Crippen LogP contribution in [-0.2, 0) is 0 Å². The van der Waals surface area contributed by atoms with Crippen LogP contribution in [0, 0.1) is 6.92 Å². The second-order valence-corrected chi connectivity index (χ2v) is 6.78. The Bertz CT molecular complexity index is 1330. The van der Waals surface area contributed by atoms with Gasteiger partial charge in [-0.3, -0.25) is 4.79 Å². The highest BCUT2D eigenvalue weighted by Crippen LogP contribution is 2.33. The molecular formula is C23H16O6. The van der Waals surface area contributed by atoms with E-state index in [4.69, 9.17) is 18.6 Å². The number of ketones is 1. The molecule has 29 heavy (non-hydrogen) atoms. The van der Waals surface area contributed by atoms with Gasteiger partial charge in [-0.25, -0.2) is 4.79 Å². The molecule has 3 aromatic carbocycles. The van der Waals surface area contributed by atoms with Crippen molar-refractivity contribution in [2.75, 3.05) is 13.4 Å². The molecule has 144 valence electrons. The van der Waals surface area contributed by atoms with Crippen LogP contribution in [0.5, 0.6) is 17.2 Å². The number of Topliss-reactive ketones (excluding diaryl/α,β-unsaturated/α-hetero) is 1. The van der Waals surface area contributed by atoms with Crippen LogP contribution in [0.1, 0.15) is 15.9 Å². The van der Waals surface area contributed by atoms with Crippen LogP contribution in [0.25, 0.3) is 21.7 Å². The molecule has 0 amide bonds. The molecule has 4 aromatic rings. The Morgan fingerprint density at radius 1 is 0.966 bits per heavy atom. The molecule has 1 aliphatic heterocycles. The van der Waals surface area contributed by atoms with Gasteiger partial charge in [-0.15, -0.1) is 0 Å². The summed E-state index contributed by atoms with van der Waals surface area (Å²) in [5.74, 6) is 1.47. The van der Waals surface area contributed by atoms with Crippen LogP contribution in [0.15, 0.2) is 63.8 Å². The molecule has 0 saturated heterocycles. The molecule has 0 spiro atoms. The SMILES string of the molecule is Cc1c(OCC(=O)c2ccc3c(c2)OCO3)ccc2c1oc(=O)c1ccccc12. The van der Waals surface area contributed by atoms with Crippen LogP contribution in [-0.4, -0.2) is 19.2 Å². The van der Waals surface area contributed by atoms with E-state index in [0.717, 1.165) is 10.8 Å². The zero-order valence-electron chi connectivity index (χ0n) is 15.6.